The van der Waals surface area contributed by atoms with Gasteiger partial charge < -0.3 is 5.32 Å². The Kier molecular flexibility index (Phi) is 3.10. The predicted octanol–water partition coefficient (Wildman–Crippen LogP) is 2.14. The summed E-state index contributed by atoms with van der Waals surface area (Å²) in [6.45, 7) is 7.66. The molecule has 2 rings (SSSR count). The molecular weight excluding hydrogens is 186 g/mol. The topological polar surface area (TPSA) is 29.9 Å². The molecule has 3 nitrogen and oxygen atoms in total. The largest absolute Gasteiger partial charge is 0.312 e. The zero-order valence-corrected chi connectivity index (χ0v) is 9.90. The van der Waals surface area contributed by atoms with Gasteiger partial charge in [-0.3, -0.25) is 4.68 Å². The lowest BCUT2D eigenvalue weighted by Gasteiger charge is -2.21. The van der Waals surface area contributed by atoms with Gasteiger partial charge in [0.2, 0.25) is 0 Å². The molecule has 1 unspecified atom stereocenters. The van der Waals surface area contributed by atoms with Gasteiger partial charge in [-0.15, -0.1) is 0 Å². The maximum atomic E-state index is 4.41. The molecule has 0 spiro atoms. The van der Waals surface area contributed by atoms with Gasteiger partial charge in [0.1, 0.15) is 0 Å². The lowest BCUT2D eigenvalue weighted by atomic mass is 10.0. The minimum Gasteiger partial charge on any atom is -0.312 e. The van der Waals surface area contributed by atoms with E-state index in [1.807, 2.05) is 6.20 Å². The Bertz CT molecular complexity index is 312. The molecule has 1 heterocycles. The molecule has 84 valence electrons. The van der Waals surface area contributed by atoms with Gasteiger partial charge >= 0.3 is 0 Å². The molecule has 0 radical (unpaired) electrons. The van der Waals surface area contributed by atoms with Gasteiger partial charge in [-0.05, 0) is 31.2 Å². The van der Waals surface area contributed by atoms with E-state index >= 15 is 0 Å². The molecule has 0 amide bonds. The number of rotatable bonds is 5. The molecule has 1 aliphatic rings. The minimum atomic E-state index is 0.485. The average molecular weight is 207 g/mol. The number of aromatic nitrogens is 2. The summed E-state index contributed by atoms with van der Waals surface area (Å²) in [7, 11) is 0. The normalized spacial score (nSPS) is 18.4. The fourth-order valence-corrected chi connectivity index (χ4v) is 1.82. The molecule has 1 N–H and O–H groups in total. The quantitative estimate of drug-likeness (QED) is 0.801. The third-order valence-corrected chi connectivity index (χ3v) is 3.03. The first kappa shape index (κ1) is 10.7. The van der Waals surface area contributed by atoms with E-state index in [-0.39, 0.29) is 0 Å². The molecular formula is C12H21N3. The number of nitrogens with one attached hydrogen (secondary N) is 1. The Morgan fingerprint density at radius 2 is 2.27 bits per heavy atom. The Labute approximate surface area is 91.9 Å². The van der Waals surface area contributed by atoms with Crippen LogP contribution in [0.2, 0.25) is 0 Å². The predicted molar refractivity (Wildman–Crippen MR) is 61.9 cm³/mol. The third kappa shape index (κ3) is 2.81. The summed E-state index contributed by atoms with van der Waals surface area (Å²) in [5.41, 5.74) is 1.24. The van der Waals surface area contributed by atoms with Crippen molar-refractivity contribution >= 4 is 0 Å². The van der Waals surface area contributed by atoms with Gasteiger partial charge in [0.15, 0.2) is 0 Å². The van der Waals surface area contributed by atoms with E-state index < -0.39 is 0 Å². The third-order valence-electron chi connectivity index (χ3n) is 3.03. The summed E-state index contributed by atoms with van der Waals surface area (Å²) >= 11 is 0. The van der Waals surface area contributed by atoms with Crippen molar-refractivity contribution in [3.05, 3.63) is 18.0 Å². The van der Waals surface area contributed by atoms with Crippen LogP contribution in [0.15, 0.2) is 12.4 Å². The minimum absolute atomic E-state index is 0.485. The molecule has 1 aliphatic carbocycles. The Balaban J connectivity index is 1.97. The molecule has 3 heteroatoms. The van der Waals surface area contributed by atoms with E-state index in [9.17, 15) is 0 Å². The van der Waals surface area contributed by atoms with E-state index in [1.54, 1.807) is 0 Å². The molecule has 1 fully saturated rings. The maximum Gasteiger partial charge on any atom is 0.0666 e. The van der Waals surface area contributed by atoms with E-state index in [4.69, 9.17) is 0 Å². The van der Waals surface area contributed by atoms with E-state index in [1.165, 1.54) is 18.4 Å². The Morgan fingerprint density at radius 3 is 2.73 bits per heavy atom. The second-order valence-electron chi connectivity index (χ2n) is 4.99. The monoisotopic (exact) mass is 207 g/mol. The second kappa shape index (κ2) is 4.35. The summed E-state index contributed by atoms with van der Waals surface area (Å²) in [6.07, 6.45) is 6.78. The van der Waals surface area contributed by atoms with Crippen LogP contribution in [0.3, 0.4) is 0 Å². The summed E-state index contributed by atoms with van der Waals surface area (Å²) in [5, 5.41) is 8.00. The van der Waals surface area contributed by atoms with Crippen molar-refractivity contribution < 1.29 is 0 Å². The van der Waals surface area contributed by atoms with Crippen molar-refractivity contribution in [2.75, 3.05) is 6.54 Å². The van der Waals surface area contributed by atoms with Crippen LogP contribution in [0.4, 0.5) is 0 Å². The first-order chi connectivity index (χ1) is 7.16. The molecule has 15 heavy (non-hydrogen) atoms. The van der Waals surface area contributed by atoms with Crippen LogP contribution >= 0.6 is 0 Å². The molecule has 0 saturated heterocycles. The van der Waals surface area contributed by atoms with Gasteiger partial charge in [-0.2, -0.15) is 5.10 Å². The van der Waals surface area contributed by atoms with Crippen molar-refractivity contribution in [1.29, 1.82) is 0 Å². The van der Waals surface area contributed by atoms with Crippen molar-refractivity contribution in [3.63, 3.8) is 0 Å². The van der Waals surface area contributed by atoms with E-state index in [0.717, 1.165) is 12.6 Å². The van der Waals surface area contributed by atoms with Crippen LogP contribution in [0.5, 0.6) is 0 Å². The molecule has 1 aromatic heterocycles. The highest BCUT2D eigenvalue weighted by molar-refractivity contribution is 5.01. The van der Waals surface area contributed by atoms with Crippen LogP contribution in [0, 0.1) is 12.8 Å². The van der Waals surface area contributed by atoms with E-state index in [2.05, 4.69) is 42.1 Å². The highest BCUT2D eigenvalue weighted by Crippen LogP contribution is 2.22. The molecule has 0 aromatic carbocycles. The van der Waals surface area contributed by atoms with Gasteiger partial charge in [-0.25, -0.2) is 0 Å². The first-order valence-corrected chi connectivity index (χ1v) is 5.91. The van der Waals surface area contributed by atoms with Crippen LogP contribution in [0.1, 0.15) is 38.3 Å². The van der Waals surface area contributed by atoms with Gasteiger partial charge in [0.05, 0.1) is 12.2 Å². The summed E-state index contributed by atoms with van der Waals surface area (Å²) in [6, 6.07) is 1.27. The zero-order chi connectivity index (χ0) is 10.8. The smallest absolute Gasteiger partial charge is 0.0666 e. The molecule has 0 aliphatic heterocycles. The van der Waals surface area contributed by atoms with Crippen LogP contribution in [-0.4, -0.2) is 22.4 Å². The molecule has 1 aromatic rings. The number of aryl methyl sites for hydroxylation is 1. The van der Waals surface area contributed by atoms with Crippen LogP contribution in [0.25, 0.3) is 0 Å². The SMILES string of the molecule is Cc1cnn(C(CNC2CC2)C(C)C)c1. The second-order valence-corrected chi connectivity index (χ2v) is 4.99. The summed E-state index contributed by atoms with van der Waals surface area (Å²) < 4.78 is 2.11. The molecule has 1 atom stereocenters. The Morgan fingerprint density at radius 1 is 1.53 bits per heavy atom. The van der Waals surface area contributed by atoms with Gasteiger partial charge in [0, 0.05) is 18.8 Å². The van der Waals surface area contributed by atoms with Crippen LogP contribution < -0.4 is 5.32 Å². The Hall–Kier alpha value is -0.830. The van der Waals surface area contributed by atoms with Crippen molar-refractivity contribution in [2.24, 2.45) is 5.92 Å². The summed E-state index contributed by atoms with van der Waals surface area (Å²) in [4.78, 5) is 0. The highest BCUT2D eigenvalue weighted by Gasteiger charge is 2.23. The van der Waals surface area contributed by atoms with Gasteiger partial charge in [0.25, 0.3) is 0 Å². The average Bonchev–Trinajstić information content (AvgIpc) is 2.89. The van der Waals surface area contributed by atoms with E-state index in [0.29, 0.717) is 12.0 Å². The van der Waals surface area contributed by atoms with Crippen molar-refractivity contribution in [1.82, 2.24) is 15.1 Å². The lowest BCUT2D eigenvalue weighted by Crippen LogP contribution is -2.30. The fraction of sp³-hybridized carbons (Fsp3) is 0.750. The number of hydrogen-bond donors (Lipinski definition) is 1. The number of hydrogen-bond acceptors (Lipinski definition) is 2. The number of nitrogens with zero attached hydrogens (tertiary/aromatic N) is 2. The van der Waals surface area contributed by atoms with Crippen molar-refractivity contribution in [3.8, 4) is 0 Å². The fourth-order valence-electron chi connectivity index (χ4n) is 1.82. The van der Waals surface area contributed by atoms with Crippen LogP contribution in [-0.2, 0) is 0 Å². The van der Waals surface area contributed by atoms with Gasteiger partial charge in [-0.1, -0.05) is 13.8 Å². The zero-order valence-electron chi connectivity index (χ0n) is 9.90. The molecule has 1 saturated carbocycles. The molecule has 0 bridgehead atoms. The summed E-state index contributed by atoms with van der Waals surface area (Å²) in [5.74, 6) is 0.621. The maximum absolute atomic E-state index is 4.41. The van der Waals surface area contributed by atoms with Crippen molar-refractivity contribution in [2.45, 2.75) is 45.7 Å². The highest BCUT2D eigenvalue weighted by atomic mass is 15.3. The first-order valence-electron chi connectivity index (χ1n) is 5.91. The lowest BCUT2D eigenvalue weighted by molar-refractivity contribution is 0.329. The standard InChI is InChI=1S/C12H21N3/c1-9(2)12(7-13-11-4-5-11)15-8-10(3)6-14-15/h6,8-9,11-13H,4-5,7H2,1-3H3.